The number of hydrogen-bond acceptors (Lipinski definition) is 2. The predicted molar refractivity (Wildman–Crippen MR) is 62.9 cm³/mol. The Kier molecular flexibility index (Phi) is 4.73. The standard InChI is InChI=1S/C13H17NO/c1-4-5-10-14-11(2)12-8-6-7-9-13(12)15-3/h6-9,11,14H,10H2,1-3H3. The molecule has 0 fully saturated rings. The van der Waals surface area contributed by atoms with Crippen molar-refractivity contribution in [3.8, 4) is 17.6 Å². The van der Waals surface area contributed by atoms with Crippen LogP contribution in [-0.4, -0.2) is 13.7 Å². The van der Waals surface area contributed by atoms with Crippen molar-refractivity contribution in [3.63, 3.8) is 0 Å². The van der Waals surface area contributed by atoms with Gasteiger partial charge in [0.2, 0.25) is 0 Å². The highest BCUT2D eigenvalue weighted by molar-refractivity contribution is 5.35. The molecule has 0 saturated carbocycles. The van der Waals surface area contributed by atoms with Gasteiger partial charge in [0, 0.05) is 11.6 Å². The van der Waals surface area contributed by atoms with E-state index in [0.29, 0.717) is 6.54 Å². The second-order valence-electron chi connectivity index (χ2n) is 3.27. The van der Waals surface area contributed by atoms with Gasteiger partial charge in [-0.1, -0.05) is 24.1 Å². The van der Waals surface area contributed by atoms with Gasteiger partial charge in [-0.2, -0.15) is 0 Å². The Hall–Kier alpha value is -1.46. The molecule has 2 heteroatoms. The van der Waals surface area contributed by atoms with Crippen molar-refractivity contribution in [3.05, 3.63) is 29.8 Å². The van der Waals surface area contributed by atoms with E-state index in [0.717, 1.165) is 11.3 Å². The number of nitrogens with one attached hydrogen (secondary N) is 1. The van der Waals surface area contributed by atoms with Crippen LogP contribution in [-0.2, 0) is 0 Å². The maximum atomic E-state index is 5.30. The van der Waals surface area contributed by atoms with Crippen molar-refractivity contribution < 1.29 is 4.74 Å². The van der Waals surface area contributed by atoms with Gasteiger partial charge in [-0.3, -0.25) is 5.32 Å². The maximum Gasteiger partial charge on any atom is 0.123 e. The van der Waals surface area contributed by atoms with E-state index in [1.165, 1.54) is 0 Å². The fourth-order valence-electron chi connectivity index (χ4n) is 1.43. The fraction of sp³-hybridized carbons (Fsp3) is 0.385. The van der Waals surface area contributed by atoms with Gasteiger partial charge in [-0.05, 0) is 19.9 Å². The first kappa shape index (κ1) is 11.6. The molecule has 0 aromatic heterocycles. The normalized spacial score (nSPS) is 11.4. The molecule has 80 valence electrons. The van der Waals surface area contributed by atoms with Gasteiger partial charge in [0.15, 0.2) is 0 Å². The first-order valence-corrected chi connectivity index (χ1v) is 5.05. The number of benzene rings is 1. The minimum Gasteiger partial charge on any atom is -0.496 e. The van der Waals surface area contributed by atoms with E-state index >= 15 is 0 Å². The number of ether oxygens (including phenoxy) is 1. The van der Waals surface area contributed by atoms with E-state index in [9.17, 15) is 0 Å². The molecule has 0 bridgehead atoms. The number of methoxy groups -OCH3 is 1. The van der Waals surface area contributed by atoms with E-state index in [2.05, 4.69) is 30.1 Å². The summed E-state index contributed by atoms with van der Waals surface area (Å²) in [5, 5.41) is 3.32. The lowest BCUT2D eigenvalue weighted by molar-refractivity contribution is 0.403. The van der Waals surface area contributed by atoms with Crippen LogP contribution < -0.4 is 10.1 Å². The molecular formula is C13H17NO. The molecule has 15 heavy (non-hydrogen) atoms. The van der Waals surface area contributed by atoms with Crippen LogP contribution in [0.5, 0.6) is 5.75 Å². The van der Waals surface area contributed by atoms with Crippen molar-refractivity contribution in [2.75, 3.05) is 13.7 Å². The van der Waals surface area contributed by atoms with Crippen molar-refractivity contribution >= 4 is 0 Å². The van der Waals surface area contributed by atoms with E-state index in [-0.39, 0.29) is 6.04 Å². The Morgan fingerprint density at radius 1 is 1.40 bits per heavy atom. The summed E-state index contributed by atoms with van der Waals surface area (Å²) in [6.07, 6.45) is 0. The third-order valence-electron chi connectivity index (χ3n) is 2.28. The van der Waals surface area contributed by atoms with Crippen molar-refractivity contribution in [1.29, 1.82) is 0 Å². The van der Waals surface area contributed by atoms with E-state index in [1.54, 1.807) is 7.11 Å². The smallest absolute Gasteiger partial charge is 0.123 e. The zero-order chi connectivity index (χ0) is 11.1. The molecule has 0 radical (unpaired) electrons. The summed E-state index contributed by atoms with van der Waals surface area (Å²) in [5.41, 5.74) is 1.16. The van der Waals surface area contributed by atoms with Crippen LogP contribution in [0.3, 0.4) is 0 Å². The number of para-hydroxylation sites is 1. The second-order valence-corrected chi connectivity index (χ2v) is 3.27. The predicted octanol–water partition coefficient (Wildman–Crippen LogP) is 2.37. The first-order chi connectivity index (χ1) is 7.29. The van der Waals surface area contributed by atoms with Crippen molar-refractivity contribution in [2.24, 2.45) is 0 Å². The molecule has 1 rings (SSSR count). The second kappa shape index (κ2) is 6.10. The van der Waals surface area contributed by atoms with E-state index in [1.807, 2.05) is 25.1 Å². The third-order valence-corrected chi connectivity index (χ3v) is 2.28. The summed E-state index contributed by atoms with van der Waals surface area (Å²) in [6.45, 7) is 4.65. The van der Waals surface area contributed by atoms with Crippen LogP contribution in [0.2, 0.25) is 0 Å². The molecule has 2 nitrogen and oxygen atoms in total. The summed E-state index contributed by atoms with van der Waals surface area (Å²) < 4.78 is 5.30. The lowest BCUT2D eigenvalue weighted by Gasteiger charge is -2.15. The molecule has 0 amide bonds. The summed E-state index contributed by atoms with van der Waals surface area (Å²) >= 11 is 0. The minimum atomic E-state index is 0.252. The average Bonchev–Trinajstić information content (AvgIpc) is 2.29. The topological polar surface area (TPSA) is 21.3 Å². The first-order valence-electron chi connectivity index (χ1n) is 5.05. The van der Waals surface area contributed by atoms with Gasteiger partial charge >= 0.3 is 0 Å². The van der Waals surface area contributed by atoms with Gasteiger partial charge in [-0.15, -0.1) is 5.92 Å². The largest absolute Gasteiger partial charge is 0.496 e. The maximum absolute atomic E-state index is 5.30. The van der Waals surface area contributed by atoms with Crippen LogP contribution in [0.15, 0.2) is 24.3 Å². The van der Waals surface area contributed by atoms with Crippen LogP contribution in [0, 0.1) is 11.8 Å². The zero-order valence-electron chi connectivity index (χ0n) is 9.50. The highest BCUT2D eigenvalue weighted by Crippen LogP contribution is 2.23. The summed E-state index contributed by atoms with van der Waals surface area (Å²) in [6, 6.07) is 8.28. The molecule has 1 N–H and O–H groups in total. The van der Waals surface area contributed by atoms with Gasteiger partial charge in [0.05, 0.1) is 13.7 Å². The van der Waals surface area contributed by atoms with Gasteiger partial charge in [-0.25, -0.2) is 0 Å². The molecule has 0 spiro atoms. The molecule has 0 aliphatic carbocycles. The Morgan fingerprint density at radius 2 is 2.13 bits per heavy atom. The molecule has 1 aromatic carbocycles. The Morgan fingerprint density at radius 3 is 2.80 bits per heavy atom. The summed E-state index contributed by atoms with van der Waals surface area (Å²) in [4.78, 5) is 0. The summed E-state index contributed by atoms with van der Waals surface area (Å²) in [7, 11) is 1.69. The van der Waals surface area contributed by atoms with Crippen molar-refractivity contribution in [2.45, 2.75) is 19.9 Å². The SMILES string of the molecule is CC#CCNC(C)c1ccccc1OC. The molecule has 0 aliphatic heterocycles. The molecule has 1 unspecified atom stereocenters. The average molecular weight is 203 g/mol. The quantitative estimate of drug-likeness (QED) is 0.758. The summed E-state index contributed by atoms with van der Waals surface area (Å²) in [5.74, 6) is 6.76. The zero-order valence-corrected chi connectivity index (χ0v) is 9.50. The Labute approximate surface area is 91.6 Å². The highest BCUT2D eigenvalue weighted by Gasteiger charge is 2.08. The van der Waals surface area contributed by atoms with Crippen LogP contribution in [0.25, 0.3) is 0 Å². The van der Waals surface area contributed by atoms with Crippen LogP contribution in [0.4, 0.5) is 0 Å². The lowest BCUT2D eigenvalue weighted by Crippen LogP contribution is -2.19. The molecule has 0 aliphatic rings. The fourth-order valence-corrected chi connectivity index (χ4v) is 1.43. The minimum absolute atomic E-state index is 0.252. The lowest BCUT2D eigenvalue weighted by atomic mass is 10.1. The van der Waals surface area contributed by atoms with Gasteiger partial charge < -0.3 is 4.74 Å². The third kappa shape index (κ3) is 3.30. The molecule has 1 aromatic rings. The molecular weight excluding hydrogens is 186 g/mol. The number of hydrogen-bond donors (Lipinski definition) is 1. The number of rotatable bonds is 4. The monoisotopic (exact) mass is 203 g/mol. The Balaban J connectivity index is 2.70. The van der Waals surface area contributed by atoms with Gasteiger partial charge in [0.1, 0.15) is 5.75 Å². The van der Waals surface area contributed by atoms with E-state index < -0.39 is 0 Å². The van der Waals surface area contributed by atoms with Crippen LogP contribution >= 0.6 is 0 Å². The molecule has 0 saturated heterocycles. The molecule has 1 atom stereocenters. The van der Waals surface area contributed by atoms with E-state index in [4.69, 9.17) is 4.74 Å². The van der Waals surface area contributed by atoms with Crippen LogP contribution in [0.1, 0.15) is 25.5 Å². The molecule has 0 heterocycles. The highest BCUT2D eigenvalue weighted by atomic mass is 16.5. The van der Waals surface area contributed by atoms with Gasteiger partial charge in [0.25, 0.3) is 0 Å². The van der Waals surface area contributed by atoms with Crippen molar-refractivity contribution in [1.82, 2.24) is 5.32 Å². The Bertz CT molecular complexity index is 362.